The molecule has 0 aliphatic rings. The zero-order chi connectivity index (χ0) is 16.4. The smallest absolute Gasteiger partial charge is 0.329 e. The molecule has 7 heteroatoms. The zero-order valence-corrected chi connectivity index (χ0v) is 12.5. The lowest BCUT2D eigenvalue weighted by Crippen LogP contribution is -2.49. The second-order valence-corrected chi connectivity index (χ2v) is 6.51. The van der Waals surface area contributed by atoms with Gasteiger partial charge in [0.1, 0.15) is 5.82 Å². The number of nitrogens with one attached hydrogen (secondary N) is 1. The van der Waals surface area contributed by atoms with Crippen LogP contribution in [0.1, 0.15) is 12.5 Å². The molecule has 0 heterocycles. The summed E-state index contributed by atoms with van der Waals surface area (Å²) in [6.07, 6.45) is 0. The van der Waals surface area contributed by atoms with Crippen LogP contribution in [0, 0.1) is 5.82 Å². The van der Waals surface area contributed by atoms with Gasteiger partial charge in [0, 0.05) is 5.56 Å². The standard InChI is InChI=1S/C15H14FNO4S/c1-15(14(18)19,12-9-5-6-10-13(12)16)17-22(20,21)11-7-3-2-4-8-11/h2-10,17H,1H3,(H,18,19). The predicted octanol–water partition coefficient (Wildman–Crippen LogP) is 2.10. The number of hydrogen-bond donors (Lipinski definition) is 2. The van der Waals surface area contributed by atoms with Crippen molar-refractivity contribution in [3.63, 3.8) is 0 Å². The summed E-state index contributed by atoms with van der Waals surface area (Å²) in [5.74, 6) is -2.31. The molecule has 2 aromatic carbocycles. The summed E-state index contributed by atoms with van der Waals surface area (Å²) in [5, 5.41) is 9.43. The predicted molar refractivity (Wildman–Crippen MR) is 78.2 cm³/mol. The largest absolute Gasteiger partial charge is 0.480 e. The highest BCUT2D eigenvalue weighted by molar-refractivity contribution is 7.89. The number of carbonyl (C=O) groups is 1. The third-order valence-corrected chi connectivity index (χ3v) is 4.80. The summed E-state index contributed by atoms with van der Waals surface area (Å²) in [5.41, 5.74) is -2.39. The minimum absolute atomic E-state index is 0.0983. The van der Waals surface area contributed by atoms with Gasteiger partial charge in [0.05, 0.1) is 4.90 Å². The summed E-state index contributed by atoms with van der Waals surface area (Å²) >= 11 is 0. The maximum Gasteiger partial charge on any atom is 0.329 e. The molecule has 1 unspecified atom stereocenters. The first-order valence-electron chi connectivity index (χ1n) is 6.35. The Bertz CT molecular complexity index is 792. The van der Waals surface area contributed by atoms with E-state index in [1.165, 1.54) is 42.5 Å². The molecule has 2 rings (SSSR count). The summed E-state index contributed by atoms with van der Waals surface area (Å²) in [6.45, 7) is 1.11. The van der Waals surface area contributed by atoms with Gasteiger partial charge in [-0.25, -0.2) is 17.6 Å². The minimum atomic E-state index is -4.13. The van der Waals surface area contributed by atoms with E-state index in [0.717, 1.165) is 13.0 Å². The van der Waals surface area contributed by atoms with Crippen LogP contribution in [0.25, 0.3) is 0 Å². The van der Waals surface area contributed by atoms with E-state index < -0.39 is 27.3 Å². The van der Waals surface area contributed by atoms with Gasteiger partial charge in [-0.3, -0.25) is 0 Å². The van der Waals surface area contributed by atoms with Gasteiger partial charge >= 0.3 is 5.97 Å². The molecule has 2 N–H and O–H groups in total. The van der Waals surface area contributed by atoms with Gasteiger partial charge in [0.2, 0.25) is 10.0 Å². The van der Waals surface area contributed by atoms with Crippen molar-refractivity contribution in [2.24, 2.45) is 0 Å². The summed E-state index contributed by atoms with van der Waals surface area (Å²) < 4.78 is 40.7. The third kappa shape index (κ3) is 3.00. The topological polar surface area (TPSA) is 83.5 Å². The van der Waals surface area contributed by atoms with E-state index >= 15 is 0 Å². The van der Waals surface area contributed by atoms with Crippen LogP contribution >= 0.6 is 0 Å². The zero-order valence-electron chi connectivity index (χ0n) is 11.7. The molecule has 0 bridgehead atoms. The monoisotopic (exact) mass is 323 g/mol. The first-order valence-corrected chi connectivity index (χ1v) is 7.83. The van der Waals surface area contributed by atoms with E-state index in [9.17, 15) is 22.7 Å². The van der Waals surface area contributed by atoms with E-state index in [-0.39, 0.29) is 10.5 Å². The Labute approximate surface area is 127 Å². The van der Waals surface area contributed by atoms with Gasteiger partial charge in [-0.2, -0.15) is 4.72 Å². The molecule has 116 valence electrons. The van der Waals surface area contributed by atoms with E-state index in [4.69, 9.17) is 0 Å². The molecule has 1 atom stereocenters. The fourth-order valence-corrected chi connectivity index (χ4v) is 3.38. The molecule has 0 spiro atoms. The molecule has 0 aromatic heterocycles. The van der Waals surface area contributed by atoms with Crippen molar-refractivity contribution < 1.29 is 22.7 Å². The van der Waals surface area contributed by atoms with Gasteiger partial charge in [-0.15, -0.1) is 0 Å². The van der Waals surface area contributed by atoms with Crippen molar-refractivity contribution in [1.29, 1.82) is 0 Å². The highest BCUT2D eigenvalue weighted by atomic mass is 32.2. The van der Waals surface area contributed by atoms with E-state index in [2.05, 4.69) is 4.72 Å². The fraction of sp³-hybridized carbons (Fsp3) is 0.133. The van der Waals surface area contributed by atoms with Crippen molar-refractivity contribution in [2.45, 2.75) is 17.4 Å². The van der Waals surface area contributed by atoms with Crippen molar-refractivity contribution in [3.05, 3.63) is 66.0 Å². The Hall–Kier alpha value is -2.25. The van der Waals surface area contributed by atoms with Crippen LogP contribution in [-0.4, -0.2) is 19.5 Å². The average molecular weight is 323 g/mol. The SMILES string of the molecule is CC(NS(=O)(=O)c1ccccc1)(C(=O)O)c1ccccc1F. The molecule has 22 heavy (non-hydrogen) atoms. The number of carboxylic acid groups (broad SMARTS) is 1. The number of sulfonamides is 1. The van der Waals surface area contributed by atoms with Crippen LogP contribution in [0.4, 0.5) is 4.39 Å². The van der Waals surface area contributed by atoms with Crippen LogP contribution in [0.2, 0.25) is 0 Å². The molecule has 0 radical (unpaired) electrons. The molecule has 0 amide bonds. The van der Waals surface area contributed by atoms with Crippen LogP contribution in [-0.2, 0) is 20.4 Å². The summed E-state index contributed by atoms with van der Waals surface area (Å²) in [7, 11) is -4.13. The molecule has 0 saturated heterocycles. The summed E-state index contributed by atoms with van der Waals surface area (Å²) in [6, 6.07) is 12.4. The number of aliphatic carboxylic acids is 1. The van der Waals surface area contributed by atoms with Gasteiger partial charge in [-0.05, 0) is 25.1 Å². The quantitative estimate of drug-likeness (QED) is 0.883. The molecule has 2 aromatic rings. The first kappa shape index (κ1) is 16.1. The average Bonchev–Trinajstić information content (AvgIpc) is 2.48. The van der Waals surface area contributed by atoms with Gasteiger partial charge in [0.25, 0.3) is 0 Å². The van der Waals surface area contributed by atoms with E-state index in [0.29, 0.717) is 0 Å². The van der Waals surface area contributed by atoms with Crippen molar-refractivity contribution in [2.75, 3.05) is 0 Å². The normalized spacial score (nSPS) is 14.3. The molecular formula is C15H14FNO4S. The van der Waals surface area contributed by atoms with E-state index in [1.807, 2.05) is 0 Å². The number of carboxylic acids is 1. The van der Waals surface area contributed by atoms with Crippen molar-refractivity contribution in [1.82, 2.24) is 4.72 Å². The Balaban J connectivity index is 2.51. The Morgan fingerprint density at radius 3 is 2.18 bits per heavy atom. The first-order chi connectivity index (χ1) is 10.3. The fourth-order valence-electron chi connectivity index (χ4n) is 2.01. The minimum Gasteiger partial charge on any atom is -0.480 e. The second-order valence-electron chi connectivity index (χ2n) is 4.83. The highest BCUT2D eigenvalue weighted by Crippen LogP contribution is 2.26. The molecule has 0 aliphatic carbocycles. The lowest BCUT2D eigenvalue weighted by Gasteiger charge is -2.26. The van der Waals surface area contributed by atoms with Crippen molar-refractivity contribution >= 4 is 16.0 Å². The van der Waals surface area contributed by atoms with Crippen molar-refractivity contribution in [3.8, 4) is 0 Å². The molecular weight excluding hydrogens is 309 g/mol. The number of halogens is 1. The van der Waals surface area contributed by atoms with E-state index in [1.54, 1.807) is 6.07 Å². The van der Waals surface area contributed by atoms with Crippen LogP contribution in [0.5, 0.6) is 0 Å². The Morgan fingerprint density at radius 2 is 1.64 bits per heavy atom. The Morgan fingerprint density at radius 1 is 1.09 bits per heavy atom. The maximum absolute atomic E-state index is 13.9. The molecule has 0 fully saturated rings. The van der Waals surface area contributed by atoms with Crippen LogP contribution < -0.4 is 4.72 Å². The maximum atomic E-state index is 13.9. The number of benzene rings is 2. The van der Waals surface area contributed by atoms with Gasteiger partial charge in [0.15, 0.2) is 5.54 Å². The van der Waals surface area contributed by atoms with Gasteiger partial charge < -0.3 is 5.11 Å². The number of rotatable bonds is 5. The highest BCUT2D eigenvalue weighted by Gasteiger charge is 2.41. The number of hydrogen-bond acceptors (Lipinski definition) is 3. The summed E-state index contributed by atoms with van der Waals surface area (Å²) in [4.78, 5) is 11.5. The molecule has 0 aliphatic heterocycles. The van der Waals surface area contributed by atoms with Gasteiger partial charge in [-0.1, -0.05) is 36.4 Å². The Kier molecular flexibility index (Phi) is 4.30. The van der Waals surface area contributed by atoms with Crippen LogP contribution in [0.3, 0.4) is 0 Å². The van der Waals surface area contributed by atoms with Crippen LogP contribution in [0.15, 0.2) is 59.5 Å². The lowest BCUT2D eigenvalue weighted by atomic mass is 9.93. The third-order valence-electron chi connectivity index (χ3n) is 3.23. The molecule has 0 saturated carbocycles. The lowest BCUT2D eigenvalue weighted by molar-refractivity contribution is -0.143. The second kappa shape index (κ2) is 5.86. The molecule has 5 nitrogen and oxygen atoms in total.